The Kier molecular flexibility index (Phi) is 6.76. The third kappa shape index (κ3) is 4.23. The third-order valence-electron chi connectivity index (χ3n) is 4.63. The lowest BCUT2D eigenvalue weighted by Crippen LogP contribution is -2.42. The van der Waals surface area contributed by atoms with Crippen LogP contribution in [0.2, 0.25) is 0 Å². The number of amides is 1. The number of benzene rings is 2. The van der Waals surface area contributed by atoms with E-state index in [4.69, 9.17) is 0 Å². The van der Waals surface area contributed by atoms with Gasteiger partial charge in [-0.25, -0.2) is 0 Å². The molecule has 138 valence electrons. The molecule has 0 aliphatic heterocycles. The first-order valence-corrected chi connectivity index (χ1v) is 9.15. The van der Waals surface area contributed by atoms with Crippen LogP contribution in [0, 0.1) is 0 Å². The van der Waals surface area contributed by atoms with Crippen LogP contribution in [0.5, 0.6) is 0 Å². The molecule has 2 rings (SSSR count). The van der Waals surface area contributed by atoms with Crippen molar-refractivity contribution in [3.63, 3.8) is 0 Å². The largest absolute Gasteiger partial charge is 0.387 e. The van der Waals surface area contributed by atoms with Gasteiger partial charge >= 0.3 is 0 Å². The lowest BCUT2D eigenvalue weighted by atomic mass is 9.86. The zero-order chi connectivity index (χ0) is 19.3. The molecular formula is C23H29NO2. The van der Waals surface area contributed by atoms with Crippen molar-refractivity contribution in [2.24, 2.45) is 0 Å². The van der Waals surface area contributed by atoms with E-state index in [1.165, 1.54) is 0 Å². The number of hydrogen-bond donors (Lipinski definition) is 1. The van der Waals surface area contributed by atoms with Crippen molar-refractivity contribution in [3.8, 4) is 0 Å². The highest BCUT2D eigenvalue weighted by molar-refractivity contribution is 5.96. The van der Waals surface area contributed by atoms with Gasteiger partial charge in [-0.05, 0) is 44.9 Å². The van der Waals surface area contributed by atoms with Crippen molar-refractivity contribution in [3.05, 3.63) is 83.9 Å². The zero-order valence-corrected chi connectivity index (χ0v) is 16.1. The van der Waals surface area contributed by atoms with Crippen molar-refractivity contribution < 1.29 is 9.90 Å². The number of aliphatic hydroxyl groups excluding tert-OH is 1. The average Bonchev–Trinajstić information content (AvgIpc) is 2.62. The molecule has 2 aromatic rings. The van der Waals surface area contributed by atoms with Crippen LogP contribution in [-0.4, -0.2) is 28.0 Å². The molecule has 2 unspecified atom stereocenters. The molecule has 0 aliphatic rings. The van der Waals surface area contributed by atoms with Crippen LogP contribution in [0.25, 0.3) is 0 Å². The molecule has 0 saturated carbocycles. The Balaban J connectivity index is 2.47. The molecule has 0 aliphatic carbocycles. The second-order valence-corrected chi connectivity index (χ2v) is 7.10. The highest BCUT2D eigenvalue weighted by Crippen LogP contribution is 2.34. The van der Waals surface area contributed by atoms with Gasteiger partial charge in [0.05, 0.1) is 6.10 Å². The Labute approximate surface area is 157 Å². The highest BCUT2D eigenvalue weighted by Gasteiger charge is 2.28. The Morgan fingerprint density at radius 1 is 0.962 bits per heavy atom. The van der Waals surface area contributed by atoms with E-state index >= 15 is 0 Å². The minimum Gasteiger partial charge on any atom is -0.387 e. The second-order valence-electron chi connectivity index (χ2n) is 7.10. The SMILES string of the molecule is C=CC(c1ccccc1C(=O)N(C(C)C)C(C)C)C(O)c1ccccc1. The van der Waals surface area contributed by atoms with E-state index in [1.54, 1.807) is 6.08 Å². The predicted molar refractivity (Wildman–Crippen MR) is 107 cm³/mol. The van der Waals surface area contributed by atoms with E-state index in [0.717, 1.165) is 11.1 Å². The molecule has 0 aromatic heterocycles. The quantitative estimate of drug-likeness (QED) is 0.717. The van der Waals surface area contributed by atoms with Crippen molar-refractivity contribution in [1.82, 2.24) is 4.90 Å². The summed E-state index contributed by atoms with van der Waals surface area (Å²) in [5.74, 6) is -0.378. The van der Waals surface area contributed by atoms with E-state index in [9.17, 15) is 9.90 Å². The molecule has 1 N–H and O–H groups in total. The molecule has 26 heavy (non-hydrogen) atoms. The molecule has 3 nitrogen and oxygen atoms in total. The van der Waals surface area contributed by atoms with Crippen LogP contribution < -0.4 is 0 Å². The van der Waals surface area contributed by atoms with Crippen LogP contribution in [0.3, 0.4) is 0 Å². The van der Waals surface area contributed by atoms with Gasteiger partial charge in [0.15, 0.2) is 0 Å². The molecule has 1 amide bonds. The summed E-state index contributed by atoms with van der Waals surface area (Å²) >= 11 is 0. The van der Waals surface area contributed by atoms with E-state index in [1.807, 2.05) is 87.2 Å². The van der Waals surface area contributed by atoms with Gasteiger partial charge < -0.3 is 10.0 Å². The average molecular weight is 351 g/mol. The maximum absolute atomic E-state index is 13.2. The van der Waals surface area contributed by atoms with Crippen LogP contribution in [-0.2, 0) is 0 Å². The van der Waals surface area contributed by atoms with Gasteiger partial charge in [0.25, 0.3) is 5.91 Å². The summed E-state index contributed by atoms with van der Waals surface area (Å²) < 4.78 is 0. The van der Waals surface area contributed by atoms with Crippen LogP contribution >= 0.6 is 0 Å². The molecule has 0 spiro atoms. The molecule has 3 heteroatoms. The van der Waals surface area contributed by atoms with Gasteiger partial charge in [0.1, 0.15) is 0 Å². The first kappa shape index (κ1) is 19.9. The summed E-state index contributed by atoms with van der Waals surface area (Å²) in [7, 11) is 0. The van der Waals surface area contributed by atoms with Gasteiger partial charge in [0, 0.05) is 23.6 Å². The molecule has 2 aromatic carbocycles. The van der Waals surface area contributed by atoms with Crippen LogP contribution in [0.1, 0.15) is 61.2 Å². The fourth-order valence-corrected chi connectivity index (χ4v) is 3.47. The minimum atomic E-state index is -0.755. The normalized spacial score (nSPS) is 13.5. The molecule has 0 fully saturated rings. The first-order valence-electron chi connectivity index (χ1n) is 9.15. The van der Waals surface area contributed by atoms with Crippen molar-refractivity contribution >= 4 is 5.91 Å². The van der Waals surface area contributed by atoms with Gasteiger partial charge in [0.2, 0.25) is 0 Å². The fourth-order valence-electron chi connectivity index (χ4n) is 3.47. The highest BCUT2D eigenvalue weighted by atomic mass is 16.3. The Hall–Kier alpha value is -2.39. The lowest BCUT2D eigenvalue weighted by molar-refractivity contribution is 0.0641. The molecule has 0 radical (unpaired) electrons. The third-order valence-corrected chi connectivity index (χ3v) is 4.63. The van der Waals surface area contributed by atoms with Crippen LogP contribution in [0.4, 0.5) is 0 Å². The number of aliphatic hydroxyl groups is 1. The van der Waals surface area contributed by atoms with Gasteiger partial charge in [-0.1, -0.05) is 54.6 Å². The van der Waals surface area contributed by atoms with E-state index in [-0.39, 0.29) is 23.9 Å². The second kappa shape index (κ2) is 8.81. The summed E-state index contributed by atoms with van der Waals surface area (Å²) in [4.78, 5) is 15.1. The molecule has 2 atom stereocenters. The smallest absolute Gasteiger partial charge is 0.254 e. The molecule has 0 bridgehead atoms. The van der Waals surface area contributed by atoms with Crippen molar-refractivity contribution in [2.75, 3.05) is 0 Å². The molecule has 0 saturated heterocycles. The monoisotopic (exact) mass is 351 g/mol. The summed E-state index contributed by atoms with van der Waals surface area (Å²) in [6.07, 6.45) is 0.966. The van der Waals surface area contributed by atoms with E-state index in [0.29, 0.717) is 5.56 Å². The summed E-state index contributed by atoms with van der Waals surface area (Å²) in [5, 5.41) is 10.9. The van der Waals surface area contributed by atoms with Crippen molar-refractivity contribution in [2.45, 2.75) is 51.8 Å². The van der Waals surface area contributed by atoms with Gasteiger partial charge in [-0.3, -0.25) is 4.79 Å². The topological polar surface area (TPSA) is 40.5 Å². The van der Waals surface area contributed by atoms with E-state index < -0.39 is 6.10 Å². The van der Waals surface area contributed by atoms with Gasteiger partial charge in [-0.15, -0.1) is 6.58 Å². The van der Waals surface area contributed by atoms with Crippen molar-refractivity contribution in [1.29, 1.82) is 0 Å². The summed E-state index contributed by atoms with van der Waals surface area (Å²) in [6.45, 7) is 12.0. The van der Waals surface area contributed by atoms with E-state index in [2.05, 4.69) is 6.58 Å². The Morgan fingerprint density at radius 2 is 1.50 bits per heavy atom. The number of rotatable bonds is 7. The number of hydrogen-bond acceptors (Lipinski definition) is 2. The Morgan fingerprint density at radius 3 is 2.04 bits per heavy atom. The number of nitrogens with zero attached hydrogens (tertiary/aromatic N) is 1. The summed E-state index contributed by atoms with van der Waals surface area (Å²) in [5.41, 5.74) is 2.23. The lowest BCUT2D eigenvalue weighted by Gasteiger charge is -2.32. The maximum Gasteiger partial charge on any atom is 0.254 e. The minimum absolute atomic E-state index is 0.0160. The molecular weight excluding hydrogens is 322 g/mol. The Bertz CT molecular complexity index is 729. The number of carbonyl (C=O) groups is 1. The molecule has 0 heterocycles. The van der Waals surface area contributed by atoms with Gasteiger partial charge in [-0.2, -0.15) is 0 Å². The van der Waals surface area contributed by atoms with Crippen LogP contribution in [0.15, 0.2) is 67.3 Å². The zero-order valence-electron chi connectivity index (χ0n) is 16.1. The fraction of sp³-hybridized carbons (Fsp3) is 0.348. The number of carbonyl (C=O) groups excluding carboxylic acids is 1. The first-order chi connectivity index (χ1) is 12.4. The predicted octanol–water partition coefficient (Wildman–Crippen LogP) is 4.95. The maximum atomic E-state index is 13.2. The summed E-state index contributed by atoms with van der Waals surface area (Å²) in [6, 6.07) is 17.2. The standard InChI is InChI=1S/C23H29NO2/c1-6-19(22(25)18-12-8-7-9-13-18)20-14-10-11-15-21(20)23(26)24(16(2)3)17(4)5/h6-17,19,22,25H,1H2,2-5H3.